The number of aromatic nitrogens is 1. The van der Waals surface area contributed by atoms with E-state index in [4.69, 9.17) is 0 Å². The van der Waals surface area contributed by atoms with E-state index in [0.717, 1.165) is 46.0 Å². The predicted octanol–water partition coefficient (Wildman–Crippen LogP) is 5.28. The van der Waals surface area contributed by atoms with Gasteiger partial charge in [0.2, 0.25) is 0 Å². The normalized spacial score (nSPS) is 14.4. The lowest BCUT2D eigenvalue weighted by molar-refractivity contribution is 0.0522. The molecule has 0 radical (unpaired) electrons. The van der Waals surface area contributed by atoms with Gasteiger partial charge < -0.3 is 9.80 Å². The SMILES string of the molecule is CCCN(C(=O)c1sc(-c2ccccc2)nc1C)C1CCN(C(=O)c2ccccc2)CC1. The Morgan fingerprint density at radius 2 is 1.66 bits per heavy atom. The minimum absolute atomic E-state index is 0.0665. The van der Waals surface area contributed by atoms with Gasteiger partial charge in [0.25, 0.3) is 11.8 Å². The van der Waals surface area contributed by atoms with Crippen molar-refractivity contribution in [2.24, 2.45) is 0 Å². The highest BCUT2D eigenvalue weighted by Gasteiger charge is 2.31. The Morgan fingerprint density at radius 1 is 1.03 bits per heavy atom. The van der Waals surface area contributed by atoms with Crippen molar-refractivity contribution < 1.29 is 9.59 Å². The first kappa shape index (κ1) is 22.2. The van der Waals surface area contributed by atoms with Crippen molar-refractivity contribution >= 4 is 23.2 Å². The van der Waals surface area contributed by atoms with E-state index in [1.807, 2.05) is 77.4 Å². The molecule has 1 saturated heterocycles. The summed E-state index contributed by atoms with van der Waals surface area (Å²) in [6.45, 7) is 6.07. The summed E-state index contributed by atoms with van der Waals surface area (Å²) < 4.78 is 0. The summed E-state index contributed by atoms with van der Waals surface area (Å²) in [4.78, 5) is 35.7. The van der Waals surface area contributed by atoms with Crippen molar-refractivity contribution in [3.05, 3.63) is 76.8 Å². The standard InChI is InChI=1S/C26H29N3O2S/c1-3-16-29(22-14-17-28(18-15-22)25(30)21-12-8-5-9-13-21)26(31)23-19(2)27-24(32-23)20-10-6-4-7-11-20/h4-13,22H,3,14-18H2,1-2H3. The van der Waals surface area contributed by atoms with Gasteiger partial charge in [-0.1, -0.05) is 55.5 Å². The Labute approximate surface area is 193 Å². The third kappa shape index (κ3) is 4.75. The second-order valence-corrected chi connectivity index (χ2v) is 9.19. The van der Waals surface area contributed by atoms with E-state index in [-0.39, 0.29) is 17.9 Å². The molecule has 2 heterocycles. The number of rotatable bonds is 6. The number of likely N-dealkylation sites (tertiary alicyclic amines) is 1. The van der Waals surface area contributed by atoms with Gasteiger partial charge in [0, 0.05) is 36.8 Å². The number of piperidine rings is 1. The fraction of sp³-hybridized carbons (Fsp3) is 0.346. The van der Waals surface area contributed by atoms with Crippen molar-refractivity contribution in [2.45, 2.75) is 39.2 Å². The van der Waals surface area contributed by atoms with Gasteiger partial charge in [-0.15, -0.1) is 11.3 Å². The highest BCUT2D eigenvalue weighted by atomic mass is 32.1. The van der Waals surface area contributed by atoms with E-state index in [0.29, 0.717) is 19.6 Å². The molecule has 4 rings (SSSR count). The molecule has 1 aliphatic rings. The van der Waals surface area contributed by atoms with Gasteiger partial charge in [-0.05, 0) is 38.3 Å². The molecule has 166 valence electrons. The Kier molecular flexibility index (Phi) is 7.00. The van der Waals surface area contributed by atoms with Crippen LogP contribution in [0.3, 0.4) is 0 Å². The molecular formula is C26H29N3O2S. The van der Waals surface area contributed by atoms with E-state index in [2.05, 4.69) is 11.9 Å². The zero-order valence-corrected chi connectivity index (χ0v) is 19.5. The fourth-order valence-electron chi connectivity index (χ4n) is 4.26. The molecule has 3 aromatic rings. The number of nitrogens with zero attached hydrogens (tertiary/aromatic N) is 3. The average Bonchev–Trinajstić information content (AvgIpc) is 3.24. The topological polar surface area (TPSA) is 53.5 Å². The van der Waals surface area contributed by atoms with Crippen LogP contribution >= 0.6 is 11.3 Å². The van der Waals surface area contributed by atoms with E-state index < -0.39 is 0 Å². The summed E-state index contributed by atoms with van der Waals surface area (Å²) >= 11 is 1.47. The molecule has 0 N–H and O–H groups in total. The smallest absolute Gasteiger partial charge is 0.266 e. The number of carbonyl (C=O) groups excluding carboxylic acids is 2. The van der Waals surface area contributed by atoms with Crippen molar-refractivity contribution in [1.82, 2.24) is 14.8 Å². The molecule has 32 heavy (non-hydrogen) atoms. The van der Waals surface area contributed by atoms with Gasteiger partial charge in [0.1, 0.15) is 9.88 Å². The molecule has 2 amide bonds. The average molecular weight is 448 g/mol. The summed E-state index contributed by atoms with van der Waals surface area (Å²) in [5.41, 5.74) is 2.55. The van der Waals surface area contributed by atoms with Crippen LogP contribution < -0.4 is 0 Å². The molecule has 1 fully saturated rings. The first-order chi connectivity index (χ1) is 15.6. The lowest BCUT2D eigenvalue weighted by atomic mass is 10.0. The van der Waals surface area contributed by atoms with E-state index in [9.17, 15) is 9.59 Å². The molecule has 0 bridgehead atoms. The lowest BCUT2D eigenvalue weighted by Crippen LogP contribution is -2.49. The van der Waals surface area contributed by atoms with Crippen molar-refractivity contribution in [2.75, 3.05) is 19.6 Å². The zero-order valence-electron chi connectivity index (χ0n) is 18.7. The summed E-state index contributed by atoms with van der Waals surface area (Å²) in [6.07, 6.45) is 2.50. The molecule has 0 spiro atoms. The van der Waals surface area contributed by atoms with E-state index in [1.165, 1.54) is 11.3 Å². The van der Waals surface area contributed by atoms with Gasteiger partial charge in [-0.3, -0.25) is 9.59 Å². The lowest BCUT2D eigenvalue weighted by Gasteiger charge is -2.38. The molecular weight excluding hydrogens is 418 g/mol. The number of thiazole rings is 1. The van der Waals surface area contributed by atoms with E-state index in [1.54, 1.807) is 0 Å². The summed E-state index contributed by atoms with van der Waals surface area (Å²) in [7, 11) is 0. The Bertz CT molecular complexity index is 1060. The highest BCUT2D eigenvalue weighted by molar-refractivity contribution is 7.17. The quantitative estimate of drug-likeness (QED) is 0.517. The largest absolute Gasteiger partial charge is 0.338 e. The molecule has 1 aromatic heterocycles. The van der Waals surface area contributed by atoms with Crippen LogP contribution in [0.1, 0.15) is 51.9 Å². The minimum atomic E-state index is 0.0665. The molecule has 6 heteroatoms. The molecule has 5 nitrogen and oxygen atoms in total. The maximum atomic E-state index is 13.6. The number of carbonyl (C=O) groups is 2. The first-order valence-electron chi connectivity index (χ1n) is 11.3. The first-order valence-corrected chi connectivity index (χ1v) is 12.1. The number of aryl methyl sites for hydroxylation is 1. The maximum absolute atomic E-state index is 13.6. The van der Waals surface area contributed by atoms with Gasteiger partial charge in [-0.25, -0.2) is 4.98 Å². The summed E-state index contributed by atoms with van der Waals surface area (Å²) in [5.74, 6) is 0.139. The van der Waals surface area contributed by atoms with Crippen molar-refractivity contribution in [3.8, 4) is 10.6 Å². The second kappa shape index (κ2) is 10.1. The van der Waals surface area contributed by atoms with Crippen LogP contribution in [0.5, 0.6) is 0 Å². The predicted molar refractivity (Wildman–Crippen MR) is 129 cm³/mol. The third-order valence-electron chi connectivity index (χ3n) is 5.95. The molecule has 0 atom stereocenters. The Morgan fingerprint density at radius 3 is 2.28 bits per heavy atom. The van der Waals surface area contributed by atoms with Crippen LogP contribution in [-0.2, 0) is 0 Å². The van der Waals surface area contributed by atoms with Crippen LogP contribution in [0.25, 0.3) is 10.6 Å². The molecule has 0 unspecified atom stereocenters. The molecule has 0 saturated carbocycles. The molecule has 0 aliphatic carbocycles. The summed E-state index contributed by atoms with van der Waals surface area (Å²) in [6, 6.07) is 19.6. The third-order valence-corrected chi connectivity index (χ3v) is 7.14. The molecule has 2 aromatic carbocycles. The Hall–Kier alpha value is -2.99. The Balaban J connectivity index is 1.47. The van der Waals surface area contributed by atoms with Crippen LogP contribution in [0, 0.1) is 6.92 Å². The van der Waals surface area contributed by atoms with Gasteiger partial charge in [0.05, 0.1) is 5.69 Å². The number of benzene rings is 2. The van der Waals surface area contributed by atoms with Crippen molar-refractivity contribution in [1.29, 1.82) is 0 Å². The van der Waals surface area contributed by atoms with Crippen molar-refractivity contribution in [3.63, 3.8) is 0 Å². The number of hydrogen-bond acceptors (Lipinski definition) is 4. The van der Waals surface area contributed by atoms with Gasteiger partial charge in [0.15, 0.2) is 0 Å². The van der Waals surface area contributed by atoms with Crippen LogP contribution in [-0.4, -0.2) is 52.3 Å². The zero-order chi connectivity index (χ0) is 22.5. The number of hydrogen-bond donors (Lipinski definition) is 0. The monoisotopic (exact) mass is 447 g/mol. The second-order valence-electron chi connectivity index (χ2n) is 8.19. The summed E-state index contributed by atoms with van der Waals surface area (Å²) in [5, 5.41) is 0.881. The van der Waals surface area contributed by atoms with Gasteiger partial charge in [-0.2, -0.15) is 0 Å². The van der Waals surface area contributed by atoms with Crippen LogP contribution in [0.15, 0.2) is 60.7 Å². The number of amides is 2. The molecule has 1 aliphatic heterocycles. The van der Waals surface area contributed by atoms with Crippen LogP contribution in [0.4, 0.5) is 0 Å². The minimum Gasteiger partial charge on any atom is -0.338 e. The van der Waals surface area contributed by atoms with E-state index >= 15 is 0 Å². The van der Waals surface area contributed by atoms with Crippen LogP contribution in [0.2, 0.25) is 0 Å². The van der Waals surface area contributed by atoms with Gasteiger partial charge >= 0.3 is 0 Å². The highest BCUT2D eigenvalue weighted by Crippen LogP contribution is 2.30. The fourth-order valence-corrected chi connectivity index (χ4v) is 5.29. The maximum Gasteiger partial charge on any atom is 0.266 e.